The highest BCUT2D eigenvalue weighted by Gasteiger charge is 2.25. The molecule has 3 aromatic rings. The lowest BCUT2D eigenvalue weighted by Crippen LogP contribution is -2.51. The molecule has 1 aromatic carbocycles. The first-order chi connectivity index (χ1) is 13.6. The number of pyridine rings is 1. The highest BCUT2D eigenvalue weighted by Crippen LogP contribution is 2.19. The summed E-state index contributed by atoms with van der Waals surface area (Å²) >= 11 is 0. The predicted molar refractivity (Wildman–Crippen MR) is 111 cm³/mol. The maximum atomic E-state index is 4.93. The molecule has 146 valence electrons. The maximum absolute atomic E-state index is 4.93. The topological polar surface area (TPSA) is 50.1 Å². The van der Waals surface area contributed by atoms with E-state index in [1.807, 2.05) is 12.1 Å². The molecule has 0 unspecified atom stereocenters. The summed E-state index contributed by atoms with van der Waals surface area (Å²) in [6, 6.07) is 13.0. The van der Waals surface area contributed by atoms with Gasteiger partial charge in [-0.15, -0.1) is 0 Å². The third kappa shape index (κ3) is 4.29. The number of benzene rings is 1. The molecule has 0 amide bonds. The van der Waals surface area contributed by atoms with Gasteiger partial charge in [0.05, 0.1) is 6.54 Å². The Labute approximate surface area is 166 Å². The Kier molecular flexibility index (Phi) is 5.50. The highest BCUT2D eigenvalue weighted by molar-refractivity contribution is 5.53. The summed E-state index contributed by atoms with van der Waals surface area (Å²) in [6.07, 6.45) is 4.48. The van der Waals surface area contributed by atoms with Gasteiger partial charge in [-0.25, -0.2) is 9.67 Å². The van der Waals surface area contributed by atoms with E-state index in [0.29, 0.717) is 6.04 Å². The van der Waals surface area contributed by atoms with Gasteiger partial charge in [0.25, 0.3) is 0 Å². The van der Waals surface area contributed by atoms with Gasteiger partial charge in [-0.1, -0.05) is 29.8 Å². The first-order valence-electron chi connectivity index (χ1n) is 9.87. The molecule has 1 aliphatic heterocycles. The lowest BCUT2D eigenvalue weighted by molar-refractivity contribution is 0.112. The highest BCUT2D eigenvalue weighted by atomic mass is 15.4. The molecule has 1 saturated heterocycles. The van der Waals surface area contributed by atoms with Crippen LogP contribution in [0.1, 0.15) is 17.0 Å². The van der Waals surface area contributed by atoms with Gasteiger partial charge >= 0.3 is 0 Å². The van der Waals surface area contributed by atoms with Crippen LogP contribution in [0.5, 0.6) is 0 Å². The second kappa shape index (κ2) is 8.20. The molecular weight excluding hydrogens is 348 g/mol. The second-order valence-electron chi connectivity index (χ2n) is 7.84. The van der Waals surface area contributed by atoms with Crippen LogP contribution in [0.2, 0.25) is 0 Å². The van der Waals surface area contributed by atoms with Gasteiger partial charge in [0.1, 0.15) is 5.82 Å². The number of rotatable bonds is 5. The van der Waals surface area contributed by atoms with E-state index >= 15 is 0 Å². The molecule has 1 fully saturated rings. The smallest absolute Gasteiger partial charge is 0.181 e. The molecule has 0 bridgehead atoms. The van der Waals surface area contributed by atoms with Gasteiger partial charge in [0, 0.05) is 50.1 Å². The third-order valence-electron chi connectivity index (χ3n) is 5.50. The fraction of sp³-hybridized carbons (Fsp3) is 0.409. The predicted octanol–water partition coefficient (Wildman–Crippen LogP) is 2.49. The SMILES string of the molecule is Cc1cccc(Cn2nc(-c3ccncc3)nc2C[C@H]2CN(C)CCN2C)c1. The molecule has 3 heterocycles. The lowest BCUT2D eigenvalue weighted by atomic mass is 10.1. The number of piperazine rings is 1. The van der Waals surface area contributed by atoms with Crippen LogP contribution in [-0.4, -0.2) is 69.3 Å². The summed E-state index contributed by atoms with van der Waals surface area (Å²) in [5.41, 5.74) is 3.53. The molecule has 28 heavy (non-hydrogen) atoms. The summed E-state index contributed by atoms with van der Waals surface area (Å²) in [5.74, 6) is 1.82. The van der Waals surface area contributed by atoms with Crippen LogP contribution >= 0.6 is 0 Å². The zero-order valence-corrected chi connectivity index (χ0v) is 16.9. The summed E-state index contributed by atoms with van der Waals surface area (Å²) in [4.78, 5) is 13.9. The molecule has 0 spiro atoms. The Bertz CT molecular complexity index is 920. The van der Waals surface area contributed by atoms with E-state index in [2.05, 4.69) is 64.8 Å². The molecule has 0 saturated carbocycles. The number of aromatic nitrogens is 4. The average molecular weight is 377 g/mol. The minimum Gasteiger partial charge on any atom is -0.304 e. The molecule has 0 N–H and O–H groups in total. The Morgan fingerprint density at radius 2 is 1.89 bits per heavy atom. The Balaban J connectivity index is 1.65. The summed E-state index contributed by atoms with van der Waals surface area (Å²) in [7, 11) is 4.41. The summed E-state index contributed by atoms with van der Waals surface area (Å²) in [5, 5.41) is 4.86. The molecule has 6 nitrogen and oxygen atoms in total. The Morgan fingerprint density at radius 1 is 1.07 bits per heavy atom. The minimum absolute atomic E-state index is 0.449. The Morgan fingerprint density at radius 3 is 2.68 bits per heavy atom. The van der Waals surface area contributed by atoms with Crippen LogP contribution in [-0.2, 0) is 13.0 Å². The zero-order valence-electron chi connectivity index (χ0n) is 16.9. The molecular formula is C22H28N6. The molecule has 4 rings (SSSR count). The van der Waals surface area contributed by atoms with Crippen molar-refractivity contribution in [1.29, 1.82) is 0 Å². The summed E-state index contributed by atoms with van der Waals surface area (Å²) < 4.78 is 2.08. The van der Waals surface area contributed by atoms with Crippen molar-refractivity contribution in [3.8, 4) is 11.4 Å². The van der Waals surface area contributed by atoms with Crippen molar-refractivity contribution >= 4 is 0 Å². The van der Waals surface area contributed by atoms with E-state index in [1.165, 1.54) is 11.1 Å². The van der Waals surface area contributed by atoms with Crippen LogP contribution in [0, 0.1) is 6.92 Å². The molecule has 2 aromatic heterocycles. The van der Waals surface area contributed by atoms with Gasteiger partial charge in [-0.05, 0) is 38.7 Å². The maximum Gasteiger partial charge on any atom is 0.181 e. The van der Waals surface area contributed by atoms with Gasteiger partial charge in [0.2, 0.25) is 0 Å². The van der Waals surface area contributed by atoms with Crippen molar-refractivity contribution in [2.24, 2.45) is 0 Å². The second-order valence-corrected chi connectivity index (χ2v) is 7.84. The molecule has 1 aliphatic rings. The average Bonchev–Trinajstić information content (AvgIpc) is 3.08. The number of nitrogens with zero attached hydrogens (tertiary/aromatic N) is 6. The minimum atomic E-state index is 0.449. The van der Waals surface area contributed by atoms with Gasteiger partial charge in [0.15, 0.2) is 5.82 Å². The first-order valence-corrected chi connectivity index (χ1v) is 9.87. The quantitative estimate of drug-likeness (QED) is 0.685. The van der Waals surface area contributed by atoms with Gasteiger partial charge in [-0.2, -0.15) is 5.10 Å². The van der Waals surface area contributed by atoms with Gasteiger partial charge in [-0.3, -0.25) is 4.98 Å². The standard InChI is InChI=1S/C22H28N6/c1-17-5-4-6-18(13-17)15-28-21(14-20-16-26(2)11-12-27(20)3)24-22(25-28)19-7-9-23-10-8-19/h4-10,13,20H,11-12,14-16H2,1-3H3/t20-/m0/s1. The number of likely N-dealkylation sites (N-methyl/N-ethyl adjacent to an activating group) is 2. The molecule has 1 atom stereocenters. The zero-order chi connectivity index (χ0) is 19.5. The van der Waals surface area contributed by atoms with E-state index in [0.717, 1.165) is 49.8 Å². The van der Waals surface area contributed by atoms with Crippen molar-refractivity contribution < 1.29 is 0 Å². The van der Waals surface area contributed by atoms with E-state index in [-0.39, 0.29) is 0 Å². The lowest BCUT2D eigenvalue weighted by Gasteiger charge is -2.37. The molecule has 6 heteroatoms. The fourth-order valence-electron chi connectivity index (χ4n) is 3.79. The van der Waals surface area contributed by atoms with Crippen LogP contribution < -0.4 is 0 Å². The largest absolute Gasteiger partial charge is 0.304 e. The number of aryl methyl sites for hydroxylation is 1. The van der Waals surface area contributed by atoms with E-state index in [1.54, 1.807) is 12.4 Å². The Hall–Kier alpha value is -2.57. The van der Waals surface area contributed by atoms with Crippen LogP contribution in [0.3, 0.4) is 0 Å². The monoisotopic (exact) mass is 376 g/mol. The summed E-state index contributed by atoms with van der Waals surface area (Å²) in [6.45, 7) is 6.12. The number of hydrogen-bond donors (Lipinski definition) is 0. The van der Waals surface area contributed by atoms with Crippen molar-refractivity contribution in [1.82, 2.24) is 29.5 Å². The van der Waals surface area contributed by atoms with Gasteiger partial charge < -0.3 is 9.80 Å². The van der Waals surface area contributed by atoms with Crippen molar-refractivity contribution in [3.63, 3.8) is 0 Å². The molecule has 0 aliphatic carbocycles. The van der Waals surface area contributed by atoms with Crippen molar-refractivity contribution in [2.75, 3.05) is 33.7 Å². The molecule has 0 radical (unpaired) electrons. The van der Waals surface area contributed by atoms with Crippen LogP contribution in [0.15, 0.2) is 48.8 Å². The normalized spacial score (nSPS) is 18.5. The van der Waals surface area contributed by atoms with E-state index in [9.17, 15) is 0 Å². The van der Waals surface area contributed by atoms with Crippen LogP contribution in [0.25, 0.3) is 11.4 Å². The van der Waals surface area contributed by atoms with Crippen LogP contribution in [0.4, 0.5) is 0 Å². The third-order valence-corrected chi connectivity index (χ3v) is 5.50. The van der Waals surface area contributed by atoms with E-state index in [4.69, 9.17) is 10.1 Å². The first kappa shape index (κ1) is 18.8. The van der Waals surface area contributed by atoms with E-state index < -0.39 is 0 Å². The van der Waals surface area contributed by atoms with Crippen molar-refractivity contribution in [3.05, 3.63) is 65.7 Å². The fourth-order valence-corrected chi connectivity index (χ4v) is 3.79. The van der Waals surface area contributed by atoms with Crippen molar-refractivity contribution in [2.45, 2.75) is 25.9 Å². The number of hydrogen-bond acceptors (Lipinski definition) is 5.